The summed E-state index contributed by atoms with van der Waals surface area (Å²) in [6.07, 6.45) is 2.35. The van der Waals surface area contributed by atoms with Gasteiger partial charge in [0.25, 0.3) is 0 Å². The van der Waals surface area contributed by atoms with Crippen molar-refractivity contribution in [2.75, 3.05) is 6.54 Å². The van der Waals surface area contributed by atoms with Gasteiger partial charge in [-0.3, -0.25) is 5.43 Å². The molecule has 1 radical (unpaired) electrons. The van der Waals surface area contributed by atoms with Crippen LogP contribution in [0.25, 0.3) is 0 Å². The van der Waals surface area contributed by atoms with Crippen molar-refractivity contribution in [3.63, 3.8) is 0 Å². The molecule has 0 saturated heterocycles. The molecule has 0 heterocycles. The van der Waals surface area contributed by atoms with E-state index in [-0.39, 0.29) is 0 Å². The smallest absolute Gasteiger partial charge is 0.293 e. The minimum absolute atomic E-state index is 0.924. The molecule has 0 amide bonds. The van der Waals surface area contributed by atoms with E-state index in [9.17, 15) is 0 Å². The van der Waals surface area contributed by atoms with Crippen molar-refractivity contribution in [3.8, 4) is 0 Å². The van der Waals surface area contributed by atoms with Gasteiger partial charge in [-0.05, 0) is 6.42 Å². The zero-order valence-corrected chi connectivity index (χ0v) is 6.09. The highest BCUT2D eigenvalue weighted by molar-refractivity contribution is 6.30. The Hall–Kier alpha value is -0.535. The first-order chi connectivity index (χ1) is 4.41. The van der Waals surface area contributed by atoms with Crippen LogP contribution < -0.4 is 5.43 Å². The van der Waals surface area contributed by atoms with Crippen LogP contribution >= 0.6 is 0 Å². The van der Waals surface area contributed by atoms with E-state index in [0.29, 0.717) is 0 Å². The fourth-order valence-electron chi connectivity index (χ4n) is 0.404. The second-order valence-electron chi connectivity index (χ2n) is 1.74. The molecule has 0 aliphatic carbocycles. The quantitative estimate of drug-likeness (QED) is 0.257. The Morgan fingerprint density at radius 3 is 2.89 bits per heavy atom. The molecule has 51 valence electrons. The lowest BCUT2D eigenvalue weighted by Crippen LogP contribution is -2.05. The maximum Gasteiger partial charge on any atom is 0.305 e. The Labute approximate surface area is 57.2 Å². The first-order valence-corrected chi connectivity index (χ1v) is 3.32. The number of nitrogens with one attached hydrogen (secondary N) is 1. The summed E-state index contributed by atoms with van der Waals surface area (Å²) in [5, 5.41) is 7.28. The Morgan fingerprint density at radius 1 is 1.56 bits per heavy atom. The Kier molecular flexibility index (Phi) is 7.02. The van der Waals surface area contributed by atoms with Gasteiger partial charge in [0.05, 0.1) is 0 Å². The molecule has 0 fully saturated rings. The van der Waals surface area contributed by atoms with Crippen LogP contribution in [0, 0.1) is 0 Å². The number of unbranched alkanes of at least 4 members (excludes halogenated alkanes) is 1. The molecular weight excluding hydrogens is 113 g/mol. The number of hydrogen-bond donors (Lipinski definition) is 1. The number of hydrogen-bond acceptors (Lipinski definition) is 2. The van der Waals surface area contributed by atoms with E-state index < -0.39 is 0 Å². The van der Waals surface area contributed by atoms with Crippen LogP contribution in [0.1, 0.15) is 19.8 Å². The average Bonchev–Trinajstić information content (AvgIpc) is 1.89. The highest BCUT2D eigenvalue weighted by Gasteiger charge is 1.78. The summed E-state index contributed by atoms with van der Waals surface area (Å²) in [5.41, 5.74) is 2.81. The van der Waals surface area contributed by atoms with Crippen LogP contribution in [-0.4, -0.2) is 14.0 Å². The highest BCUT2D eigenvalue weighted by Crippen LogP contribution is 1.81. The normalized spacial score (nSPS) is 10.0. The molecule has 0 atom stereocenters. The van der Waals surface area contributed by atoms with Crippen LogP contribution in [0.15, 0.2) is 10.2 Å². The van der Waals surface area contributed by atoms with Crippen molar-refractivity contribution in [1.29, 1.82) is 0 Å². The standard InChI is InChI=1S/C5H13BN3/c1-3-4-5-7-9-8-6-2/h3-5H2,1-2H3,(H,7,8). The van der Waals surface area contributed by atoms with Crippen molar-refractivity contribution in [2.45, 2.75) is 26.6 Å². The van der Waals surface area contributed by atoms with E-state index in [2.05, 4.69) is 22.6 Å². The summed E-state index contributed by atoms with van der Waals surface area (Å²) in [6.45, 7) is 4.91. The van der Waals surface area contributed by atoms with Crippen LogP contribution in [0.3, 0.4) is 0 Å². The maximum atomic E-state index is 3.65. The molecule has 0 spiro atoms. The molecule has 0 aliphatic rings. The molecule has 0 rings (SSSR count). The lowest BCUT2D eigenvalue weighted by atomic mass is 10.0. The summed E-state index contributed by atoms with van der Waals surface area (Å²) < 4.78 is 0. The number of nitrogens with zero attached hydrogens (tertiary/aromatic N) is 2. The molecule has 0 aliphatic heterocycles. The highest BCUT2D eigenvalue weighted by atomic mass is 15.4. The van der Waals surface area contributed by atoms with Gasteiger partial charge in [-0.15, -0.1) is 0 Å². The van der Waals surface area contributed by atoms with E-state index in [1.807, 2.05) is 6.82 Å². The summed E-state index contributed by atoms with van der Waals surface area (Å²) in [5.74, 6) is 0. The zero-order valence-electron chi connectivity index (χ0n) is 6.09. The van der Waals surface area contributed by atoms with Crippen LogP contribution in [-0.2, 0) is 0 Å². The van der Waals surface area contributed by atoms with E-state index >= 15 is 0 Å². The van der Waals surface area contributed by atoms with Crippen molar-refractivity contribution in [3.05, 3.63) is 0 Å². The lowest BCUT2D eigenvalue weighted by Gasteiger charge is -1.93. The molecule has 4 heteroatoms. The van der Waals surface area contributed by atoms with Gasteiger partial charge < -0.3 is 0 Å². The fourth-order valence-corrected chi connectivity index (χ4v) is 0.404. The third kappa shape index (κ3) is 7.46. The van der Waals surface area contributed by atoms with Crippen LogP contribution in [0.5, 0.6) is 0 Å². The van der Waals surface area contributed by atoms with Gasteiger partial charge in [0, 0.05) is 6.54 Å². The largest absolute Gasteiger partial charge is 0.305 e. The second-order valence-corrected chi connectivity index (χ2v) is 1.74. The second kappa shape index (κ2) is 7.46. The van der Waals surface area contributed by atoms with E-state index in [4.69, 9.17) is 0 Å². The summed E-state index contributed by atoms with van der Waals surface area (Å²) >= 11 is 0. The van der Waals surface area contributed by atoms with Gasteiger partial charge in [-0.1, -0.05) is 25.4 Å². The van der Waals surface area contributed by atoms with Gasteiger partial charge in [-0.2, -0.15) is 0 Å². The van der Waals surface area contributed by atoms with Crippen LogP contribution in [0.4, 0.5) is 0 Å². The van der Waals surface area contributed by atoms with Crippen molar-refractivity contribution >= 4 is 7.41 Å². The molecular formula is C5H13BN3. The van der Waals surface area contributed by atoms with Crippen LogP contribution in [0.2, 0.25) is 6.82 Å². The number of rotatable bonds is 5. The third-order valence-corrected chi connectivity index (χ3v) is 0.886. The Morgan fingerprint density at radius 2 is 2.33 bits per heavy atom. The molecule has 0 aromatic heterocycles. The first kappa shape index (κ1) is 8.46. The molecule has 0 unspecified atom stereocenters. The molecule has 0 aromatic rings. The third-order valence-electron chi connectivity index (χ3n) is 0.886. The van der Waals surface area contributed by atoms with E-state index in [1.54, 1.807) is 7.41 Å². The van der Waals surface area contributed by atoms with Crippen molar-refractivity contribution < 1.29 is 0 Å². The molecule has 9 heavy (non-hydrogen) atoms. The first-order valence-electron chi connectivity index (χ1n) is 3.32. The monoisotopic (exact) mass is 126 g/mol. The Balaban J connectivity index is 2.82. The minimum Gasteiger partial charge on any atom is -0.293 e. The summed E-state index contributed by atoms with van der Waals surface area (Å²) in [4.78, 5) is 0. The Bertz CT molecular complexity index is 74.6. The summed E-state index contributed by atoms with van der Waals surface area (Å²) in [6, 6.07) is 0. The lowest BCUT2D eigenvalue weighted by molar-refractivity contribution is 0.649. The van der Waals surface area contributed by atoms with Gasteiger partial charge in [0.2, 0.25) is 0 Å². The molecule has 3 nitrogen and oxygen atoms in total. The van der Waals surface area contributed by atoms with Gasteiger partial charge >= 0.3 is 7.41 Å². The van der Waals surface area contributed by atoms with Gasteiger partial charge in [-0.25, -0.2) is 5.03 Å². The molecule has 0 saturated carbocycles. The predicted molar refractivity (Wildman–Crippen MR) is 39.4 cm³/mol. The maximum absolute atomic E-state index is 3.65. The van der Waals surface area contributed by atoms with E-state index in [0.717, 1.165) is 13.0 Å². The molecule has 1 N–H and O–H groups in total. The average molecular weight is 126 g/mol. The molecule has 0 aromatic carbocycles. The summed E-state index contributed by atoms with van der Waals surface area (Å²) in [7, 11) is 1.65. The molecule has 0 bridgehead atoms. The predicted octanol–water partition coefficient (Wildman–Crippen LogP) is 1.41. The fraction of sp³-hybridized carbons (Fsp3) is 1.00. The SMILES string of the molecule is C[B]N=NNCCCC. The van der Waals surface area contributed by atoms with E-state index in [1.165, 1.54) is 6.42 Å². The minimum atomic E-state index is 0.924. The van der Waals surface area contributed by atoms with Gasteiger partial charge in [0.1, 0.15) is 0 Å². The van der Waals surface area contributed by atoms with Crippen molar-refractivity contribution in [2.24, 2.45) is 10.2 Å². The van der Waals surface area contributed by atoms with Crippen molar-refractivity contribution in [1.82, 2.24) is 5.43 Å². The van der Waals surface area contributed by atoms with Gasteiger partial charge in [0.15, 0.2) is 0 Å². The topological polar surface area (TPSA) is 36.8 Å². The zero-order chi connectivity index (χ0) is 6.95.